The van der Waals surface area contributed by atoms with Crippen LogP contribution in [0.25, 0.3) is 6.08 Å². The van der Waals surface area contributed by atoms with E-state index in [1.165, 1.54) is 6.08 Å². The fraction of sp³-hybridized carbons (Fsp3) is 0.111. The molecule has 2 aromatic carbocycles. The first-order valence-corrected chi connectivity index (χ1v) is 6.82. The van der Waals surface area contributed by atoms with Crippen LogP contribution < -0.4 is 10.1 Å². The van der Waals surface area contributed by atoms with Crippen molar-refractivity contribution in [3.05, 3.63) is 71.3 Å². The van der Waals surface area contributed by atoms with Crippen LogP contribution in [0.2, 0.25) is 0 Å². The summed E-state index contributed by atoms with van der Waals surface area (Å²) in [4.78, 5) is 23.5. The molecule has 0 radical (unpaired) electrons. The maximum Gasteiger partial charge on any atom is 0.251 e. The molecule has 0 saturated heterocycles. The standard InChI is InChI=1S/C18H17NO3/c1-19-18(21)14-9-6-13(7-10-14)8-11-17(20)15-4-3-5-16(12-15)22-2/h3-12H,1-2H3,(H,19,21)/b11-8+. The lowest BCUT2D eigenvalue weighted by atomic mass is 10.1. The van der Waals surface area contributed by atoms with E-state index < -0.39 is 0 Å². The van der Waals surface area contributed by atoms with Gasteiger partial charge in [0, 0.05) is 18.2 Å². The molecule has 0 spiro atoms. The third-order valence-electron chi connectivity index (χ3n) is 3.18. The third kappa shape index (κ3) is 3.82. The molecule has 2 aromatic rings. The van der Waals surface area contributed by atoms with Crippen molar-refractivity contribution >= 4 is 17.8 Å². The van der Waals surface area contributed by atoms with E-state index in [9.17, 15) is 9.59 Å². The average molecular weight is 295 g/mol. The summed E-state index contributed by atoms with van der Waals surface area (Å²) >= 11 is 0. The van der Waals surface area contributed by atoms with E-state index in [-0.39, 0.29) is 11.7 Å². The molecule has 4 nitrogen and oxygen atoms in total. The number of methoxy groups -OCH3 is 1. The Balaban J connectivity index is 2.10. The summed E-state index contributed by atoms with van der Waals surface area (Å²) in [5.41, 5.74) is 2.00. The summed E-state index contributed by atoms with van der Waals surface area (Å²) in [6.07, 6.45) is 3.22. The van der Waals surface area contributed by atoms with Gasteiger partial charge < -0.3 is 10.1 Å². The van der Waals surface area contributed by atoms with Crippen LogP contribution in [0.1, 0.15) is 26.3 Å². The second-order valence-electron chi connectivity index (χ2n) is 4.63. The molecule has 0 atom stereocenters. The second-order valence-corrected chi connectivity index (χ2v) is 4.63. The largest absolute Gasteiger partial charge is 0.497 e. The minimum Gasteiger partial charge on any atom is -0.497 e. The molecule has 4 heteroatoms. The van der Waals surface area contributed by atoms with E-state index in [4.69, 9.17) is 4.74 Å². The first-order chi connectivity index (χ1) is 10.6. The van der Waals surface area contributed by atoms with Gasteiger partial charge in [-0.05, 0) is 35.9 Å². The number of hydrogen-bond acceptors (Lipinski definition) is 3. The molecule has 0 saturated carbocycles. The monoisotopic (exact) mass is 295 g/mol. The summed E-state index contributed by atoms with van der Waals surface area (Å²) in [7, 11) is 3.15. The smallest absolute Gasteiger partial charge is 0.251 e. The quantitative estimate of drug-likeness (QED) is 0.681. The maximum absolute atomic E-state index is 12.1. The minimum absolute atomic E-state index is 0.103. The number of carbonyl (C=O) groups excluding carboxylic acids is 2. The van der Waals surface area contributed by atoms with Crippen molar-refractivity contribution in [1.82, 2.24) is 5.32 Å². The van der Waals surface area contributed by atoms with Gasteiger partial charge in [0.25, 0.3) is 5.91 Å². The fourth-order valence-corrected chi connectivity index (χ4v) is 1.93. The first kappa shape index (κ1) is 15.5. The Hall–Kier alpha value is -2.88. The second kappa shape index (κ2) is 7.22. The van der Waals surface area contributed by atoms with Gasteiger partial charge in [0.05, 0.1) is 7.11 Å². The number of ether oxygens (including phenoxy) is 1. The Morgan fingerprint density at radius 2 is 1.77 bits per heavy atom. The van der Waals surface area contributed by atoms with E-state index in [0.717, 1.165) is 5.56 Å². The zero-order valence-corrected chi connectivity index (χ0v) is 12.5. The molecule has 0 unspecified atom stereocenters. The van der Waals surface area contributed by atoms with Gasteiger partial charge in [-0.25, -0.2) is 0 Å². The lowest BCUT2D eigenvalue weighted by Gasteiger charge is -2.01. The highest BCUT2D eigenvalue weighted by Gasteiger charge is 2.04. The van der Waals surface area contributed by atoms with Crippen LogP contribution in [0.3, 0.4) is 0 Å². The van der Waals surface area contributed by atoms with Crippen LogP contribution >= 0.6 is 0 Å². The van der Waals surface area contributed by atoms with Gasteiger partial charge >= 0.3 is 0 Å². The van der Waals surface area contributed by atoms with Gasteiger partial charge in [0.2, 0.25) is 0 Å². The van der Waals surface area contributed by atoms with Crippen molar-refractivity contribution in [2.24, 2.45) is 0 Å². The third-order valence-corrected chi connectivity index (χ3v) is 3.18. The van der Waals surface area contributed by atoms with Crippen molar-refractivity contribution in [3.63, 3.8) is 0 Å². The summed E-state index contributed by atoms with van der Waals surface area (Å²) in [6, 6.07) is 14.0. The predicted octanol–water partition coefficient (Wildman–Crippen LogP) is 2.95. The molecule has 0 aliphatic heterocycles. The van der Waals surface area contributed by atoms with Gasteiger partial charge in [-0.1, -0.05) is 30.3 Å². The van der Waals surface area contributed by atoms with Crippen LogP contribution in [-0.2, 0) is 0 Å². The summed E-state index contributed by atoms with van der Waals surface area (Å²) < 4.78 is 5.10. The Kier molecular flexibility index (Phi) is 5.09. The molecule has 22 heavy (non-hydrogen) atoms. The van der Waals surface area contributed by atoms with E-state index in [0.29, 0.717) is 16.9 Å². The molecule has 0 aliphatic rings. The molecular weight excluding hydrogens is 278 g/mol. The van der Waals surface area contributed by atoms with E-state index >= 15 is 0 Å². The van der Waals surface area contributed by atoms with Crippen molar-refractivity contribution < 1.29 is 14.3 Å². The minimum atomic E-state index is -0.136. The maximum atomic E-state index is 12.1. The normalized spacial score (nSPS) is 10.5. The Morgan fingerprint density at radius 1 is 1.05 bits per heavy atom. The molecule has 1 N–H and O–H groups in total. The Labute approximate surface area is 129 Å². The number of ketones is 1. The molecule has 1 amide bonds. The van der Waals surface area contributed by atoms with Crippen molar-refractivity contribution in [2.75, 3.05) is 14.2 Å². The van der Waals surface area contributed by atoms with Crippen LogP contribution in [0.4, 0.5) is 0 Å². The molecule has 112 valence electrons. The highest BCUT2D eigenvalue weighted by Crippen LogP contribution is 2.14. The SMILES string of the molecule is CNC(=O)c1ccc(/C=C/C(=O)c2cccc(OC)c2)cc1. The number of amides is 1. The van der Waals surface area contributed by atoms with Crippen LogP contribution in [0.5, 0.6) is 5.75 Å². The van der Waals surface area contributed by atoms with Gasteiger partial charge in [0.15, 0.2) is 5.78 Å². The van der Waals surface area contributed by atoms with Gasteiger partial charge in [-0.2, -0.15) is 0 Å². The summed E-state index contributed by atoms with van der Waals surface area (Å²) in [6.45, 7) is 0. The lowest BCUT2D eigenvalue weighted by Crippen LogP contribution is -2.17. The number of benzene rings is 2. The van der Waals surface area contributed by atoms with E-state index in [2.05, 4.69) is 5.32 Å². The highest BCUT2D eigenvalue weighted by atomic mass is 16.5. The lowest BCUT2D eigenvalue weighted by molar-refractivity contribution is 0.0962. The molecule has 0 bridgehead atoms. The zero-order valence-electron chi connectivity index (χ0n) is 12.5. The fourth-order valence-electron chi connectivity index (χ4n) is 1.93. The van der Waals surface area contributed by atoms with Crippen molar-refractivity contribution in [1.29, 1.82) is 0 Å². The number of rotatable bonds is 5. The molecule has 0 fully saturated rings. The van der Waals surface area contributed by atoms with Crippen LogP contribution in [0.15, 0.2) is 54.6 Å². The van der Waals surface area contributed by atoms with Gasteiger partial charge in [0.1, 0.15) is 5.75 Å². The summed E-state index contributed by atoms with van der Waals surface area (Å²) in [5, 5.41) is 2.56. The van der Waals surface area contributed by atoms with Crippen LogP contribution in [0, 0.1) is 0 Å². The van der Waals surface area contributed by atoms with E-state index in [1.54, 1.807) is 68.8 Å². The number of allylic oxidation sites excluding steroid dienone is 1. The first-order valence-electron chi connectivity index (χ1n) is 6.82. The predicted molar refractivity (Wildman–Crippen MR) is 86.2 cm³/mol. The molecule has 0 heterocycles. The molecule has 0 aromatic heterocycles. The van der Waals surface area contributed by atoms with Gasteiger partial charge in [-0.15, -0.1) is 0 Å². The molecule has 2 rings (SSSR count). The average Bonchev–Trinajstić information content (AvgIpc) is 2.59. The van der Waals surface area contributed by atoms with Gasteiger partial charge in [-0.3, -0.25) is 9.59 Å². The number of nitrogens with one attached hydrogen (secondary N) is 1. The summed E-state index contributed by atoms with van der Waals surface area (Å²) in [5.74, 6) is 0.409. The zero-order chi connectivity index (χ0) is 15.9. The number of hydrogen-bond donors (Lipinski definition) is 1. The van der Waals surface area contributed by atoms with Crippen molar-refractivity contribution in [2.45, 2.75) is 0 Å². The highest BCUT2D eigenvalue weighted by molar-refractivity contribution is 6.07. The topological polar surface area (TPSA) is 55.4 Å². The van der Waals surface area contributed by atoms with Crippen LogP contribution in [-0.4, -0.2) is 25.8 Å². The van der Waals surface area contributed by atoms with E-state index in [1.807, 2.05) is 0 Å². The molecule has 0 aliphatic carbocycles. The number of carbonyl (C=O) groups is 2. The Bertz CT molecular complexity index is 703. The van der Waals surface area contributed by atoms with Crippen molar-refractivity contribution in [3.8, 4) is 5.75 Å². The molecular formula is C18H17NO3. The Morgan fingerprint density at radius 3 is 2.41 bits per heavy atom.